The number of nitrogen functional groups attached to an aromatic ring is 1. The first-order valence-electron chi connectivity index (χ1n) is 7.14. The fourth-order valence-electron chi connectivity index (χ4n) is 2.45. The van der Waals surface area contributed by atoms with Crippen molar-refractivity contribution < 1.29 is 4.74 Å². The molecular weight excluding hydrogens is 288 g/mol. The van der Waals surface area contributed by atoms with Gasteiger partial charge in [-0.15, -0.1) is 0 Å². The van der Waals surface area contributed by atoms with Crippen molar-refractivity contribution >= 4 is 5.82 Å². The van der Waals surface area contributed by atoms with Crippen LogP contribution in [0.5, 0.6) is 5.75 Å². The first-order valence-corrected chi connectivity index (χ1v) is 7.14. The summed E-state index contributed by atoms with van der Waals surface area (Å²) in [7, 11) is 1.61. The molecule has 2 aromatic carbocycles. The molecule has 3 aromatic rings. The van der Waals surface area contributed by atoms with E-state index in [0.717, 1.165) is 22.6 Å². The Bertz CT molecular complexity index is 888. The number of ether oxygens (including phenoxy) is 1. The van der Waals surface area contributed by atoms with Crippen molar-refractivity contribution in [1.82, 2.24) is 9.78 Å². The Kier molecular flexibility index (Phi) is 3.73. The van der Waals surface area contributed by atoms with Crippen molar-refractivity contribution in [3.63, 3.8) is 0 Å². The van der Waals surface area contributed by atoms with Crippen LogP contribution < -0.4 is 10.5 Å². The highest BCUT2D eigenvalue weighted by Gasteiger charge is 2.18. The van der Waals surface area contributed by atoms with Crippen molar-refractivity contribution in [2.24, 2.45) is 0 Å². The quantitative estimate of drug-likeness (QED) is 0.805. The van der Waals surface area contributed by atoms with Crippen molar-refractivity contribution in [2.75, 3.05) is 12.8 Å². The number of methoxy groups -OCH3 is 1. The molecule has 0 spiro atoms. The van der Waals surface area contributed by atoms with Crippen LogP contribution in [0.3, 0.4) is 0 Å². The van der Waals surface area contributed by atoms with Gasteiger partial charge in [0.2, 0.25) is 0 Å². The average Bonchev–Trinajstić information content (AvgIpc) is 2.91. The lowest BCUT2D eigenvalue weighted by atomic mass is 10.1. The second-order valence-corrected chi connectivity index (χ2v) is 5.20. The molecule has 5 heteroatoms. The van der Waals surface area contributed by atoms with E-state index in [4.69, 9.17) is 10.5 Å². The van der Waals surface area contributed by atoms with Crippen LogP contribution in [-0.2, 0) is 0 Å². The minimum atomic E-state index is 0.337. The molecule has 23 heavy (non-hydrogen) atoms. The van der Waals surface area contributed by atoms with Gasteiger partial charge in [-0.3, -0.25) is 0 Å². The van der Waals surface area contributed by atoms with E-state index in [1.807, 2.05) is 55.5 Å². The van der Waals surface area contributed by atoms with Gasteiger partial charge in [0.25, 0.3) is 0 Å². The molecule has 0 aliphatic rings. The molecule has 0 unspecified atom stereocenters. The van der Waals surface area contributed by atoms with E-state index in [2.05, 4.69) is 11.2 Å². The predicted octanol–water partition coefficient (Wildman–Crippen LogP) is 3.31. The number of hydrogen-bond acceptors (Lipinski definition) is 4. The molecule has 0 atom stereocenters. The van der Waals surface area contributed by atoms with Crippen LogP contribution in [0.2, 0.25) is 0 Å². The van der Waals surface area contributed by atoms with Crippen LogP contribution in [-0.4, -0.2) is 16.9 Å². The summed E-state index contributed by atoms with van der Waals surface area (Å²) in [6.07, 6.45) is 0. The number of nitrogens with two attached hydrogens (primary N) is 1. The number of aryl methyl sites for hydroxylation is 1. The van der Waals surface area contributed by atoms with Crippen molar-refractivity contribution in [3.05, 3.63) is 59.7 Å². The maximum Gasteiger partial charge on any atom is 0.145 e. The van der Waals surface area contributed by atoms with Gasteiger partial charge in [0.05, 0.1) is 12.8 Å². The summed E-state index contributed by atoms with van der Waals surface area (Å²) >= 11 is 0. The van der Waals surface area contributed by atoms with Gasteiger partial charge in [-0.1, -0.05) is 12.1 Å². The fraction of sp³-hybridized carbons (Fsp3) is 0.111. The molecule has 0 fully saturated rings. The Balaban J connectivity index is 2.15. The minimum Gasteiger partial charge on any atom is -0.497 e. The summed E-state index contributed by atoms with van der Waals surface area (Å²) in [6, 6.07) is 17.4. The molecule has 0 aliphatic carbocycles. The molecule has 0 radical (unpaired) electrons. The van der Waals surface area contributed by atoms with Crippen LogP contribution in [0.15, 0.2) is 48.5 Å². The summed E-state index contributed by atoms with van der Waals surface area (Å²) in [4.78, 5) is 0. The van der Waals surface area contributed by atoms with E-state index in [-0.39, 0.29) is 0 Å². The summed E-state index contributed by atoms with van der Waals surface area (Å²) in [6.45, 7) is 2.00. The third-order valence-corrected chi connectivity index (χ3v) is 3.64. The molecule has 2 N–H and O–H groups in total. The zero-order valence-electron chi connectivity index (χ0n) is 12.9. The lowest BCUT2D eigenvalue weighted by molar-refractivity contribution is 0.415. The zero-order valence-corrected chi connectivity index (χ0v) is 12.9. The molecule has 5 nitrogen and oxygen atoms in total. The maximum atomic E-state index is 9.47. The Labute approximate surface area is 134 Å². The number of nitrogens with zero attached hydrogens (tertiary/aromatic N) is 3. The van der Waals surface area contributed by atoms with Gasteiger partial charge in [-0.05, 0) is 48.9 Å². The van der Waals surface area contributed by atoms with Crippen LogP contribution in [0.25, 0.3) is 16.9 Å². The molecule has 0 aliphatic heterocycles. The second kappa shape index (κ2) is 5.85. The topological polar surface area (TPSA) is 76.9 Å². The molecule has 114 valence electrons. The summed E-state index contributed by atoms with van der Waals surface area (Å²) in [5.41, 5.74) is 9.83. The smallest absolute Gasteiger partial charge is 0.145 e. The number of benzene rings is 2. The molecule has 0 amide bonds. The number of nitriles is 1. The summed E-state index contributed by atoms with van der Waals surface area (Å²) in [5.74, 6) is 1.09. The third-order valence-electron chi connectivity index (χ3n) is 3.64. The van der Waals surface area contributed by atoms with E-state index in [1.54, 1.807) is 11.8 Å². The minimum absolute atomic E-state index is 0.337. The molecule has 0 saturated carbocycles. The SMILES string of the molecule is COc1ccc(-c2nn(-c3cccc(C)c3)c(N)c2C#N)cc1. The number of anilines is 1. The van der Waals surface area contributed by atoms with E-state index in [1.165, 1.54) is 0 Å². The number of aromatic nitrogens is 2. The van der Waals surface area contributed by atoms with Crippen LogP contribution in [0.4, 0.5) is 5.82 Å². The maximum absolute atomic E-state index is 9.47. The Hall–Kier alpha value is -3.26. The standard InChI is InChI=1S/C18H16N4O/c1-12-4-3-5-14(10-12)22-18(20)16(11-19)17(21-22)13-6-8-15(23-2)9-7-13/h3-10H,20H2,1-2H3. The number of hydrogen-bond donors (Lipinski definition) is 1. The summed E-state index contributed by atoms with van der Waals surface area (Å²) < 4.78 is 6.76. The Morgan fingerprint density at radius 3 is 2.52 bits per heavy atom. The van der Waals surface area contributed by atoms with E-state index < -0.39 is 0 Å². The van der Waals surface area contributed by atoms with Gasteiger partial charge in [0, 0.05) is 5.56 Å². The average molecular weight is 304 g/mol. The van der Waals surface area contributed by atoms with Crippen molar-refractivity contribution in [1.29, 1.82) is 5.26 Å². The van der Waals surface area contributed by atoms with Crippen molar-refractivity contribution in [3.8, 4) is 28.8 Å². The third kappa shape index (κ3) is 2.62. The fourth-order valence-corrected chi connectivity index (χ4v) is 2.45. The first kappa shape index (κ1) is 14.7. The first-order chi connectivity index (χ1) is 11.1. The highest BCUT2D eigenvalue weighted by Crippen LogP contribution is 2.29. The highest BCUT2D eigenvalue weighted by molar-refractivity contribution is 5.74. The molecule has 0 bridgehead atoms. The van der Waals surface area contributed by atoms with Gasteiger partial charge in [-0.2, -0.15) is 10.4 Å². The van der Waals surface area contributed by atoms with Crippen LogP contribution in [0, 0.1) is 18.3 Å². The van der Waals surface area contributed by atoms with Crippen molar-refractivity contribution in [2.45, 2.75) is 6.92 Å². The van der Waals surface area contributed by atoms with E-state index in [9.17, 15) is 5.26 Å². The van der Waals surface area contributed by atoms with E-state index >= 15 is 0 Å². The molecular formula is C18H16N4O. The lowest BCUT2D eigenvalue weighted by Crippen LogP contribution is -2.02. The zero-order chi connectivity index (χ0) is 16.4. The Morgan fingerprint density at radius 2 is 1.91 bits per heavy atom. The van der Waals surface area contributed by atoms with Gasteiger partial charge in [0.1, 0.15) is 28.9 Å². The highest BCUT2D eigenvalue weighted by atomic mass is 16.5. The number of rotatable bonds is 3. The van der Waals surface area contributed by atoms with Gasteiger partial charge < -0.3 is 10.5 Å². The van der Waals surface area contributed by atoms with Gasteiger partial charge in [-0.25, -0.2) is 4.68 Å². The van der Waals surface area contributed by atoms with Crippen LogP contribution in [0.1, 0.15) is 11.1 Å². The Morgan fingerprint density at radius 1 is 1.17 bits per heavy atom. The van der Waals surface area contributed by atoms with Gasteiger partial charge >= 0.3 is 0 Å². The predicted molar refractivity (Wildman–Crippen MR) is 89.4 cm³/mol. The van der Waals surface area contributed by atoms with Crippen LogP contribution >= 0.6 is 0 Å². The summed E-state index contributed by atoms with van der Waals surface area (Å²) in [5, 5.41) is 14.0. The molecule has 1 heterocycles. The lowest BCUT2D eigenvalue weighted by Gasteiger charge is -2.04. The monoisotopic (exact) mass is 304 g/mol. The largest absolute Gasteiger partial charge is 0.497 e. The molecule has 0 saturated heterocycles. The van der Waals surface area contributed by atoms with Gasteiger partial charge in [0.15, 0.2) is 0 Å². The molecule has 1 aromatic heterocycles. The normalized spacial score (nSPS) is 10.3. The van der Waals surface area contributed by atoms with E-state index in [0.29, 0.717) is 17.1 Å². The second-order valence-electron chi connectivity index (χ2n) is 5.20. The molecule has 3 rings (SSSR count).